The third-order valence-electron chi connectivity index (χ3n) is 3.60. The number of rotatable bonds is 4. The summed E-state index contributed by atoms with van der Waals surface area (Å²) in [6, 6.07) is 8.18. The number of nitrogens with one attached hydrogen (secondary N) is 1. The zero-order valence-corrected chi connectivity index (χ0v) is 13.8. The summed E-state index contributed by atoms with van der Waals surface area (Å²) in [5.74, 6) is -0.292. The van der Waals surface area contributed by atoms with Crippen LogP contribution in [0.1, 0.15) is 35.2 Å². The molecule has 0 saturated carbocycles. The second-order valence-corrected chi connectivity index (χ2v) is 5.96. The van der Waals surface area contributed by atoms with Crippen LogP contribution in [0.4, 0.5) is 4.39 Å². The highest BCUT2D eigenvalue weighted by Crippen LogP contribution is 2.33. The van der Waals surface area contributed by atoms with Crippen molar-refractivity contribution in [2.75, 3.05) is 6.54 Å². The molecule has 0 radical (unpaired) electrons. The van der Waals surface area contributed by atoms with E-state index >= 15 is 0 Å². The van der Waals surface area contributed by atoms with Crippen molar-refractivity contribution in [3.05, 3.63) is 68.4 Å². The van der Waals surface area contributed by atoms with E-state index in [9.17, 15) is 4.39 Å². The molecule has 0 saturated heterocycles. The molecule has 0 bridgehead atoms. The van der Waals surface area contributed by atoms with Gasteiger partial charge in [-0.15, -0.1) is 0 Å². The fourth-order valence-electron chi connectivity index (χ4n) is 2.35. The van der Waals surface area contributed by atoms with E-state index in [1.807, 2.05) is 32.9 Å². The van der Waals surface area contributed by atoms with E-state index in [-0.39, 0.29) is 11.9 Å². The van der Waals surface area contributed by atoms with Crippen molar-refractivity contribution in [3.8, 4) is 0 Å². The van der Waals surface area contributed by atoms with E-state index in [1.165, 1.54) is 6.07 Å². The average Bonchev–Trinajstić information content (AvgIpc) is 2.43. The van der Waals surface area contributed by atoms with Gasteiger partial charge in [-0.2, -0.15) is 0 Å². The second kappa shape index (κ2) is 6.78. The smallest absolute Gasteiger partial charge is 0.128 e. The monoisotopic (exact) mass is 325 g/mol. The Labute approximate surface area is 135 Å². The summed E-state index contributed by atoms with van der Waals surface area (Å²) in [6.45, 7) is 6.70. The Morgan fingerprint density at radius 2 is 1.71 bits per heavy atom. The molecule has 1 nitrogen and oxygen atoms in total. The van der Waals surface area contributed by atoms with Crippen LogP contribution in [-0.2, 0) is 0 Å². The predicted molar refractivity (Wildman–Crippen MR) is 87.9 cm³/mol. The number of hydrogen-bond donors (Lipinski definition) is 1. The summed E-state index contributed by atoms with van der Waals surface area (Å²) in [7, 11) is 0. The third-order valence-corrected chi connectivity index (χ3v) is 4.16. The Balaban J connectivity index is 2.58. The van der Waals surface area contributed by atoms with Crippen LogP contribution in [-0.4, -0.2) is 6.54 Å². The fourth-order valence-corrected chi connectivity index (χ4v) is 2.86. The molecule has 2 aromatic carbocycles. The van der Waals surface area contributed by atoms with Crippen molar-refractivity contribution in [1.29, 1.82) is 0 Å². The van der Waals surface area contributed by atoms with Gasteiger partial charge in [0.15, 0.2) is 0 Å². The molecule has 0 fully saturated rings. The van der Waals surface area contributed by atoms with Gasteiger partial charge in [0, 0.05) is 15.6 Å². The quantitative estimate of drug-likeness (QED) is 0.788. The molecule has 1 unspecified atom stereocenters. The molecule has 0 aliphatic rings. The first-order valence-corrected chi connectivity index (χ1v) is 7.64. The molecule has 0 heterocycles. The standard InChI is InChI=1S/C17H18Cl2FN/c1-4-21-17(14-9-12(18)5-6-16(14)20)13-7-10(2)11(3)8-15(13)19/h5-9,17,21H,4H2,1-3H3. The highest BCUT2D eigenvalue weighted by atomic mass is 35.5. The van der Waals surface area contributed by atoms with Gasteiger partial charge in [0.25, 0.3) is 0 Å². The third kappa shape index (κ3) is 3.57. The van der Waals surface area contributed by atoms with Gasteiger partial charge >= 0.3 is 0 Å². The fraction of sp³-hybridized carbons (Fsp3) is 0.294. The molecule has 2 aromatic rings. The number of hydrogen-bond acceptors (Lipinski definition) is 1. The van der Waals surface area contributed by atoms with Gasteiger partial charge in [-0.1, -0.05) is 36.2 Å². The van der Waals surface area contributed by atoms with E-state index in [1.54, 1.807) is 12.1 Å². The van der Waals surface area contributed by atoms with Crippen LogP contribution in [0.25, 0.3) is 0 Å². The summed E-state index contributed by atoms with van der Waals surface area (Å²) in [5, 5.41) is 4.42. The number of halogens is 3. The van der Waals surface area contributed by atoms with Gasteiger partial charge in [-0.3, -0.25) is 0 Å². The summed E-state index contributed by atoms with van der Waals surface area (Å²) < 4.78 is 14.2. The van der Waals surface area contributed by atoms with Crippen molar-refractivity contribution in [2.45, 2.75) is 26.8 Å². The second-order valence-electron chi connectivity index (χ2n) is 5.11. The van der Waals surface area contributed by atoms with Gasteiger partial charge in [0.05, 0.1) is 6.04 Å². The summed E-state index contributed by atoms with van der Waals surface area (Å²) in [5.41, 5.74) is 3.61. The number of benzene rings is 2. The molecule has 1 atom stereocenters. The summed E-state index contributed by atoms with van der Waals surface area (Å²) >= 11 is 12.4. The summed E-state index contributed by atoms with van der Waals surface area (Å²) in [6.07, 6.45) is 0. The largest absolute Gasteiger partial charge is 0.306 e. The molecule has 0 aliphatic carbocycles. The Hall–Kier alpha value is -1.09. The lowest BCUT2D eigenvalue weighted by molar-refractivity contribution is 0.559. The molecular weight excluding hydrogens is 308 g/mol. The molecule has 112 valence electrons. The lowest BCUT2D eigenvalue weighted by atomic mass is 9.95. The van der Waals surface area contributed by atoms with E-state index in [0.29, 0.717) is 22.2 Å². The Kier molecular flexibility index (Phi) is 5.26. The first-order chi connectivity index (χ1) is 9.93. The minimum atomic E-state index is -0.319. The zero-order valence-electron chi connectivity index (χ0n) is 12.3. The molecule has 1 N–H and O–H groups in total. The number of aryl methyl sites for hydroxylation is 2. The highest BCUT2D eigenvalue weighted by molar-refractivity contribution is 6.31. The maximum atomic E-state index is 14.2. The van der Waals surface area contributed by atoms with Gasteiger partial charge in [-0.25, -0.2) is 4.39 Å². The molecule has 2 rings (SSSR count). The van der Waals surface area contributed by atoms with Gasteiger partial charge in [0.1, 0.15) is 5.82 Å². The molecule has 0 aromatic heterocycles. The average molecular weight is 326 g/mol. The Morgan fingerprint density at radius 1 is 1.05 bits per heavy atom. The summed E-state index contributed by atoms with van der Waals surface area (Å²) in [4.78, 5) is 0. The van der Waals surface area contributed by atoms with Gasteiger partial charge in [-0.05, 0) is 61.3 Å². The van der Waals surface area contributed by atoms with E-state index < -0.39 is 0 Å². The topological polar surface area (TPSA) is 12.0 Å². The minimum absolute atomic E-state index is 0.292. The van der Waals surface area contributed by atoms with Gasteiger partial charge in [0.2, 0.25) is 0 Å². The molecular formula is C17H18Cl2FN. The van der Waals surface area contributed by atoms with Crippen LogP contribution in [0.3, 0.4) is 0 Å². The van der Waals surface area contributed by atoms with Crippen LogP contribution in [0.5, 0.6) is 0 Å². The lowest BCUT2D eigenvalue weighted by Gasteiger charge is -2.22. The van der Waals surface area contributed by atoms with E-state index in [2.05, 4.69) is 5.32 Å². The Bertz CT molecular complexity index is 655. The molecule has 4 heteroatoms. The van der Waals surface area contributed by atoms with Gasteiger partial charge < -0.3 is 5.32 Å². The van der Waals surface area contributed by atoms with Crippen LogP contribution in [0, 0.1) is 19.7 Å². The molecule has 0 spiro atoms. The normalized spacial score (nSPS) is 12.5. The Morgan fingerprint density at radius 3 is 2.38 bits per heavy atom. The van der Waals surface area contributed by atoms with Crippen molar-refractivity contribution in [2.24, 2.45) is 0 Å². The SMILES string of the molecule is CCNC(c1cc(Cl)ccc1F)c1cc(C)c(C)cc1Cl. The first-order valence-electron chi connectivity index (χ1n) is 6.89. The maximum Gasteiger partial charge on any atom is 0.128 e. The molecule has 21 heavy (non-hydrogen) atoms. The van der Waals surface area contributed by atoms with Crippen molar-refractivity contribution >= 4 is 23.2 Å². The van der Waals surface area contributed by atoms with E-state index in [4.69, 9.17) is 23.2 Å². The van der Waals surface area contributed by atoms with Crippen molar-refractivity contribution < 1.29 is 4.39 Å². The van der Waals surface area contributed by atoms with Crippen LogP contribution < -0.4 is 5.32 Å². The van der Waals surface area contributed by atoms with Crippen LogP contribution in [0.2, 0.25) is 10.0 Å². The first kappa shape index (κ1) is 16.3. The van der Waals surface area contributed by atoms with Crippen molar-refractivity contribution in [1.82, 2.24) is 5.32 Å². The van der Waals surface area contributed by atoms with Crippen LogP contribution >= 0.6 is 23.2 Å². The predicted octanol–water partition coefficient (Wildman–Crippen LogP) is 5.45. The zero-order chi connectivity index (χ0) is 15.6. The molecule has 0 amide bonds. The van der Waals surface area contributed by atoms with Crippen LogP contribution in [0.15, 0.2) is 30.3 Å². The highest BCUT2D eigenvalue weighted by Gasteiger charge is 2.20. The minimum Gasteiger partial charge on any atom is -0.306 e. The lowest BCUT2D eigenvalue weighted by Crippen LogP contribution is -2.23. The maximum absolute atomic E-state index is 14.2. The van der Waals surface area contributed by atoms with E-state index in [0.717, 1.165) is 16.7 Å². The van der Waals surface area contributed by atoms with Crippen molar-refractivity contribution in [3.63, 3.8) is 0 Å². The molecule has 0 aliphatic heterocycles.